The number of phenols is 1. The van der Waals surface area contributed by atoms with Gasteiger partial charge in [0.1, 0.15) is 5.75 Å². The Morgan fingerprint density at radius 1 is 1.43 bits per heavy atom. The molecule has 0 amide bonds. The summed E-state index contributed by atoms with van der Waals surface area (Å²) in [5, 5.41) is 10.5. The quantitative estimate of drug-likeness (QED) is 0.831. The van der Waals surface area contributed by atoms with E-state index in [-0.39, 0.29) is 23.6 Å². The number of benzene rings is 1. The average molecular weight is 328 g/mol. The number of hydrogen-bond acceptors (Lipinski definition) is 2. The summed E-state index contributed by atoms with van der Waals surface area (Å²) in [6, 6.07) is 5.20. The van der Waals surface area contributed by atoms with Crippen LogP contribution in [0.3, 0.4) is 0 Å². The maximum absolute atomic E-state index is 9.81. The highest BCUT2D eigenvalue weighted by molar-refractivity contribution is 6.32. The summed E-state index contributed by atoms with van der Waals surface area (Å²) in [5.74, 6) is 1.29. The summed E-state index contributed by atoms with van der Waals surface area (Å²) >= 11 is 6.39. The van der Waals surface area contributed by atoms with Crippen molar-refractivity contribution in [1.29, 1.82) is 0 Å². The molecule has 0 aliphatic heterocycles. The molecule has 1 saturated carbocycles. The first-order valence-electron chi connectivity index (χ1n) is 7.36. The lowest BCUT2D eigenvalue weighted by atomic mass is 9.67. The normalized spacial score (nSPS) is 31.2. The summed E-state index contributed by atoms with van der Waals surface area (Å²) in [6.45, 7) is 5.23. The van der Waals surface area contributed by atoms with Crippen LogP contribution in [0.5, 0.6) is 5.75 Å². The summed E-state index contributed by atoms with van der Waals surface area (Å²) in [4.78, 5) is 0. The second kappa shape index (κ2) is 5.83. The molecular formula is C17H23Cl2NO. The molecule has 2 aliphatic rings. The molecule has 2 bridgehead atoms. The number of fused-ring (bicyclic) bond motifs is 2. The molecule has 0 aromatic heterocycles. The molecule has 3 atom stereocenters. The largest absolute Gasteiger partial charge is 0.508 e. The van der Waals surface area contributed by atoms with Crippen molar-refractivity contribution < 1.29 is 5.11 Å². The first kappa shape index (κ1) is 16.7. The van der Waals surface area contributed by atoms with Crippen molar-refractivity contribution >= 4 is 29.6 Å². The lowest BCUT2D eigenvalue weighted by molar-refractivity contribution is 0.327. The molecule has 2 nitrogen and oxygen atoms in total. The van der Waals surface area contributed by atoms with E-state index in [1.165, 1.54) is 30.4 Å². The van der Waals surface area contributed by atoms with E-state index in [1.54, 1.807) is 18.2 Å². The summed E-state index contributed by atoms with van der Waals surface area (Å²) < 4.78 is 0. The van der Waals surface area contributed by atoms with Gasteiger partial charge in [-0.15, -0.1) is 12.4 Å². The van der Waals surface area contributed by atoms with Crippen LogP contribution >= 0.6 is 24.0 Å². The first-order valence-corrected chi connectivity index (χ1v) is 7.74. The van der Waals surface area contributed by atoms with E-state index in [0.29, 0.717) is 23.4 Å². The molecule has 3 rings (SSSR count). The molecule has 1 aromatic carbocycles. The molecular weight excluding hydrogens is 305 g/mol. The molecule has 116 valence electrons. The molecule has 0 radical (unpaired) electrons. The van der Waals surface area contributed by atoms with Crippen molar-refractivity contribution in [2.45, 2.75) is 33.1 Å². The van der Waals surface area contributed by atoms with Gasteiger partial charge in [-0.1, -0.05) is 24.1 Å². The van der Waals surface area contributed by atoms with Crippen molar-refractivity contribution in [3.8, 4) is 5.75 Å². The second-order valence-electron chi connectivity index (χ2n) is 6.61. The lowest BCUT2D eigenvalue weighted by Gasteiger charge is -2.38. The molecule has 0 spiro atoms. The minimum Gasteiger partial charge on any atom is -0.508 e. The smallest absolute Gasteiger partial charge is 0.116 e. The van der Waals surface area contributed by atoms with E-state index >= 15 is 0 Å². The van der Waals surface area contributed by atoms with Crippen LogP contribution in [0.2, 0.25) is 5.02 Å². The van der Waals surface area contributed by atoms with Crippen LogP contribution in [0.25, 0.3) is 5.57 Å². The molecule has 4 heteroatoms. The Labute approximate surface area is 137 Å². The zero-order valence-corrected chi connectivity index (χ0v) is 14.1. The summed E-state index contributed by atoms with van der Waals surface area (Å²) in [5.41, 5.74) is 10.0. The molecule has 3 N–H and O–H groups in total. The zero-order valence-electron chi connectivity index (χ0n) is 12.5. The van der Waals surface area contributed by atoms with Crippen molar-refractivity contribution in [2.24, 2.45) is 23.0 Å². The van der Waals surface area contributed by atoms with Crippen LogP contribution in [-0.2, 0) is 0 Å². The summed E-state index contributed by atoms with van der Waals surface area (Å²) in [7, 11) is 0. The molecule has 2 aliphatic carbocycles. The molecule has 1 fully saturated rings. The van der Waals surface area contributed by atoms with Crippen LogP contribution in [0.4, 0.5) is 0 Å². The number of hydrogen-bond donors (Lipinski definition) is 2. The molecule has 0 saturated heterocycles. The van der Waals surface area contributed by atoms with Gasteiger partial charge in [0.05, 0.1) is 0 Å². The standard InChI is InChI=1S/C17H22ClNO.ClH/c1-10-16(13-7-12(20)3-4-15(13)18)14(9-19)11-5-6-17(10,2)8-11;/h3-4,7,11,14,20H,5-6,8-9,19H2,1-2H3;1H. The number of aromatic hydroxyl groups is 1. The van der Waals surface area contributed by atoms with E-state index in [2.05, 4.69) is 13.8 Å². The zero-order chi connectivity index (χ0) is 14.5. The third-order valence-corrected chi connectivity index (χ3v) is 5.85. The van der Waals surface area contributed by atoms with Crippen molar-refractivity contribution in [3.63, 3.8) is 0 Å². The Balaban J connectivity index is 0.00000161. The number of nitrogens with two attached hydrogens (primary N) is 1. The summed E-state index contributed by atoms with van der Waals surface area (Å²) in [6.07, 6.45) is 3.72. The molecule has 3 unspecified atom stereocenters. The Morgan fingerprint density at radius 2 is 2.14 bits per heavy atom. The molecule has 1 aromatic rings. The predicted octanol–water partition coefficient (Wildman–Crippen LogP) is 4.64. The minimum absolute atomic E-state index is 0. The second-order valence-corrected chi connectivity index (χ2v) is 7.02. The van der Waals surface area contributed by atoms with E-state index < -0.39 is 0 Å². The minimum atomic E-state index is 0. The van der Waals surface area contributed by atoms with Gasteiger partial charge < -0.3 is 10.8 Å². The molecule has 0 heterocycles. The van der Waals surface area contributed by atoms with Gasteiger partial charge in [0.2, 0.25) is 0 Å². The van der Waals surface area contributed by atoms with Crippen LogP contribution in [0, 0.1) is 17.3 Å². The number of rotatable bonds is 2. The van der Waals surface area contributed by atoms with E-state index in [0.717, 1.165) is 5.56 Å². The van der Waals surface area contributed by atoms with Crippen LogP contribution in [0.1, 0.15) is 38.7 Å². The van der Waals surface area contributed by atoms with Gasteiger partial charge in [-0.3, -0.25) is 0 Å². The third-order valence-electron chi connectivity index (χ3n) is 5.52. The SMILES string of the molecule is CC1=C(c2cc(O)ccc2Cl)C(CN)C2CCC1(C)C2.Cl. The van der Waals surface area contributed by atoms with Crippen molar-refractivity contribution in [1.82, 2.24) is 0 Å². The van der Waals surface area contributed by atoms with E-state index in [4.69, 9.17) is 17.3 Å². The predicted molar refractivity (Wildman–Crippen MR) is 91.0 cm³/mol. The number of halogens is 2. The fraction of sp³-hybridized carbons (Fsp3) is 0.529. The van der Waals surface area contributed by atoms with E-state index in [1.807, 2.05) is 0 Å². The van der Waals surface area contributed by atoms with Gasteiger partial charge in [0.25, 0.3) is 0 Å². The fourth-order valence-electron chi connectivity index (χ4n) is 4.24. The van der Waals surface area contributed by atoms with Gasteiger partial charge in [0, 0.05) is 10.6 Å². The third kappa shape index (κ3) is 2.58. The van der Waals surface area contributed by atoms with E-state index in [9.17, 15) is 5.11 Å². The highest BCUT2D eigenvalue weighted by Gasteiger charge is 2.46. The Hall–Kier alpha value is -0.700. The van der Waals surface area contributed by atoms with Gasteiger partial charge in [-0.05, 0) is 73.8 Å². The van der Waals surface area contributed by atoms with Crippen LogP contribution in [-0.4, -0.2) is 11.7 Å². The number of allylic oxidation sites excluding steroid dienone is 1. The highest BCUT2D eigenvalue weighted by atomic mass is 35.5. The fourth-order valence-corrected chi connectivity index (χ4v) is 4.46. The van der Waals surface area contributed by atoms with Crippen molar-refractivity contribution in [2.75, 3.05) is 6.54 Å². The van der Waals surface area contributed by atoms with Crippen LogP contribution in [0.15, 0.2) is 23.8 Å². The Morgan fingerprint density at radius 3 is 2.81 bits per heavy atom. The number of phenolic OH excluding ortho intramolecular Hbond substituents is 1. The van der Waals surface area contributed by atoms with Gasteiger partial charge in [-0.2, -0.15) is 0 Å². The maximum Gasteiger partial charge on any atom is 0.116 e. The van der Waals surface area contributed by atoms with Crippen molar-refractivity contribution in [3.05, 3.63) is 34.4 Å². The Kier molecular flexibility index (Phi) is 4.63. The highest BCUT2D eigenvalue weighted by Crippen LogP contribution is 2.58. The first-order chi connectivity index (χ1) is 9.46. The maximum atomic E-state index is 9.81. The van der Waals surface area contributed by atoms with Gasteiger partial charge in [0.15, 0.2) is 0 Å². The van der Waals surface area contributed by atoms with Gasteiger partial charge >= 0.3 is 0 Å². The topological polar surface area (TPSA) is 46.2 Å². The Bertz CT molecular complexity index is 584. The van der Waals surface area contributed by atoms with Gasteiger partial charge in [-0.25, -0.2) is 0 Å². The lowest BCUT2D eigenvalue weighted by Crippen LogP contribution is -2.31. The average Bonchev–Trinajstić information content (AvgIpc) is 2.77. The van der Waals surface area contributed by atoms with Crippen LogP contribution < -0.4 is 5.73 Å². The monoisotopic (exact) mass is 327 g/mol. The molecule has 21 heavy (non-hydrogen) atoms.